The Labute approximate surface area is 164 Å². The number of hydrogen-bond donors (Lipinski definition) is 1. The molecular formula is C22H25N3OS. The van der Waals surface area contributed by atoms with Gasteiger partial charge in [-0.05, 0) is 68.3 Å². The summed E-state index contributed by atoms with van der Waals surface area (Å²) in [4.78, 5) is 24.1. The number of carbonyl (C=O) groups is 1. The first-order chi connectivity index (χ1) is 13.1. The van der Waals surface area contributed by atoms with E-state index in [9.17, 15) is 4.79 Å². The number of amidine groups is 1. The van der Waals surface area contributed by atoms with Gasteiger partial charge in [0, 0.05) is 17.4 Å². The minimum atomic E-state index is 0.0971. The van der Waals surface area contributed by atoms with Gasteiger partial charge in [-0.1, -0.05) is 37.5 Å². The summed E-state index contributed by atoms with van der Waals surface area (Å²) in [6.45, 7) is 4.08. The van der Waals surface area contributed by atoms with Crippen LogP contribution in [0.4, 0.5) is 5.69 Å². The molecule has 1 aliphatic carbocycles. The Bertz CT molecular complexity index is 892. The van der Waals surface area contributed by atoms with Gasteiger partial charge in [0.25, 0.3) is 5.91 Å². The van der Waals surface area contributed by atoms with Crippen molar-refractivity contribution in [2.75, 3.05) is 0 Å². The topological polar surface area (TPSA) is 48.5 Å². The predicted molar refractivity (Wildman–Crippen MR) is 113 cm³/mol. The molecule has 1 aromatic heterocycles. The molecule has 0 spiro atoms. The summed E-state index contributed by atoms with van der Waals surface area (Å²) in [5.41, 5.74) is 4.17. The zero-order valence-corrected chi connectivity index (χ0v) is 16.7. The monoisotopic (exact) mass is 379 g/mol. The van der Waals surface area contributed by atoms with Crippen molar-refractivity contribution in [2.45, 2.75) is 52.0 Å². The second-order valence-corrected chi connectivity index (χ2v) is 8.35. The second kappa shape index (κ2) is 7.77. The number of H-pyrrole nitrogens is 1. The SMILES string of the molecule is Cc1cc(/C=C2\SC(=Nc3ccccc3)N(C3CCCCC3)C2=O)c(C)[nH]1. The molecule has 140 valence electrons. The first-order valence-corrected chi connectivity index (χ1v) is 10.5. The maximum absolute atomic E-state index is 13.3. The van der Waals surface area contributed by atoms with Crippen LogP contribution in [0.1, 0.15) is 49.1 Å². The van der Waals surface area contributed by atoms with Crippen LogP contribution in [0, 0.1) is 13.8 Å². The number of nitrogens with one attached hydrogen (secondary N) is 1. The molecule has 2 heterocycles. The molecule has 2 fully saturated rings. The molecule has 1 amide bonds. The van der Waals surface area contributed by atoms with Crippen LogP contribution < -0.4 is 0 Å². The molecule has 4 rings (SSSR count). The van der Waals surface area contributed by atoms with Crippen molar-refractivity contribution >= 4 is 34.6 Å². The van der Waals surface area contributed by atoms with Crippen LogP contribution in [0.5, 0.6) is 0 Å². The van der Waals surface area contributed by atoms with Gasteiger partial charge in [-0.3, -0.25) is 9.69 Å². The number of aromatic amines is 1. The number of para-hydroxylation sites is 1. The van der Waals surface area contributed by atoms with Gasteiger partial charge in [0.05, 0.1) is 10.6 Å². The Morgan fingerprint density at radius 3 is 2.56 bits per heavy atom. The number of thioether (sulfide) groups is 1. The molecule has 0 atom stereocenters. The van der Waals surface area contributed by atoms with Gasteiger partial charge < -0.3 is 4.98 Å². The van der Waals surface area contributed by atoms with Crippen molar-refractivity contribution in [1.29, 1.82) is 0 Å². The molecule has 1 saturated heterocycles. The van der Waals surface area contributed by atoms with Gasteiger partial charge in [-0.15, -0.1) is 0 Å². The smallest absolute Gasteiger partial charge is 0.267 e. The number of benzene rings is 1. The Kier molecular flexibility index (Phi) is 5.21. The lowest BCUT2D eigenvalue weighted by atomic mass is 9.94. The Hall–Kier alpha value is -2.27. The van der Waals surface area contributed by atoms with Crippen molar-refractivity contribution in [3.63, 3.8) is 0 Å². The molecule has 0 bridgehead atoms. The highest BCUT2D eigenvalue weighted by molar-refractivity contribution is 8.18. The van der Waals surface area contributed by atoms with E-state index >= 15 is 0 Å². The Morgan fingerprint density at radius 2 is 1.89 bits per heavy atom. The number of rotatable bonds is 3. The third kappa shape index (κ3) is 3.88. The molecule has 4 nitrogen and oxygen atoms in total. The summed E-state index contributed by atoms with van der Waals surface area (Å²) in [6, 6.07) is 12.3. The summed E-state index contributed by atoms with van der Waals surface area (Å²) >= 11 is 1.50. The van der Waals surface area contributed by atoms with Gasteiger partial charge in [0.1, 0.15) is 0 Å². The summed E-state index contributed by atoms with van der Waals surface area (Å²) in [5, 5.41) is 0.814. The number of aromatic nitrogens is 1. The maximum Gasteiger partial charge on any atom is 0.267 e. The lowest BCUT2D eigenvalue weighted by Crippen LogP contribution is -2.40. The van der Waals surface area contributed by atoms with E-state index in [2.05, 4.69) is 11.1 Å². The third-order valence-corrected chi connectivity index (χ3v) is 6.22. The average molecular weight is 380 g/mol. The summed E-state index contributed by atoms with van der Waals surface area (Å²) in [7, 11) is 0. The summed E-state index contributed by atoms with van der Waals surface area (Å²) in [6.07, 6.45) is 7.78. The maximum atomic E-state index is 13.3. The summed E-state index contributed by atoms with van der Waals surface area (Å²) < 4.78 is 0. The lowest BCUT2D eigenvalue weighted by molar-refractivity contribution is -0.124. The molecule has 5 heteroatoms. The standard InChI is InChI=1S/C22H25N3OS/c1-15-13-17(16(2)23-15)14-20-21(26)25(19-11-7-4-8-12-19)22(27-20)24-18-9-5-3-6-10-18/h3,5-6,9-10,13-14,19,23H,4,7-8,11-12H2,1-2H3/b20-14-,24-22?. The number of aliphatic imine (C=N–C) groups is 1. The largest absolute Gasteiger partial charge is 0.362 e. The number of amides is 1. The van der Waals surface area contributed by atoms with Crippen molar-refractivity contribution in [2.24, 2.45) is 4.99 Å². The van der Waals surface area contributed by atoms with Crippen molar-refractivity contribution in [1.82, 2.24) is 9.88 Å². The van der Waals surface area contributed by atoms with Crippen LogP contribution in [0.25, 0.3) is 6.08 Å². The quantitative estimate of drug-likeness (QED) is 0.709. The molecule has 2 aliphatic rings. The fraction of sp³-hybridized carbons (Fsp3) is 0.364. The minimum absolute atomic E-state index is 0.0971. The fourth-order valence-electron chi connectivity index (χ4n) is 3.88. The zero-order valence-electron chi connectivity index (χ0n) is 15.9. The highest BCUT2D eigenvalue weighted by atomic mass is 32.2. The molecule has 0 radical (unpaired) electrons. The van der Waals surface area contributed by atoms with Crippen LogP contribution in [-0.4, -0.2) is 27.0 Å². The number of hydrogen-bond acceptors (Lipinski definition) is 3. The summed E-state index contributed by atoms with van der Waals surface area (Å²) in [5.74, 6) is 0.0971. The van der Waals surface area contributed by atoms with Gasteiger partial charge >= 0.3 is 0 Å². The lowest BCUT2D eigenvalue weighted by Gasteiger charge is -2.30. The normalized spacial score (nSPS) is 21.6. The molecule has 1 saturated carbocycles. The van der Waals surface area contributed by atoms with Crippen molar-refractivity contribution in [3.05, 3.63) is 58.3 Å². The number of nitrogens with zero attached hydrogens (tertiary/aromatic N) is 2. The van der Waals surface area contributed by atoms with E-state index in [4.69, 9.17) is 4.99 Å². The molecule has 1 aliphatic heterocycles. The van der Waals surface area contributed by atoms with Crippen LogP contribution >= 0.6 is 11.8 Å². The minimum Gasteiger partial charge on any atom is -0.362 e. The van der Waals surface area contributed by atoms with E-state index in [1.165, 1.54) is 31.0 Å². The van der Waals surface area contributed by atoms with Gasteiger partial charge in [0.2, 0.25) is 0 Å². The highest BCUT2D eigenvalue weighted by Crippen LogP contribution is 2.38. The van der Waals surface area contributed by atoms with Crippen LogP contribution in [0.15, 0.2) is 46.3 Å². The zero-order chi connectivity index (χ0) is 18.8. The Balaban J connectivity index is 1.71. The van der Waals surface area contributed by atoms with E-state index in [1.807, 2.05) is 55.2 Å². The van der Waals surface area contributed by atoms with E-state index in [-0.39, 0.29) is 11.9 Å². The van der Waals surface area contributed by atoms with E-state index in [0.717, 1.165) is 45.6 Å². The molecular weight excluding hydrogens is 354 g/mol. The average Bonchev–Trinajstić information content (AvgIpc) is 3.15. The first kappa shape index (κ1) is 18.1. The van der Waals surface area contributed by atoms with Crippen molar-refractivity contribution in [3.8, 4) is 0 Å². The van der Waals surface area contributed by atoms with E-state index in [1.54, 1.807) is 0 Å². The fourth-order valence-corrected chi connectivity index (χ4v) is 4.93. The van der Waals surface area contributed by atoms with Crippen LogP contribution in [0.2, 0.25) is 0 Å². The molecule has 2 aromatic rings. The van der Waals surface area contributed by atoms with Crippen LogP contribution in [0.3, 0.4) is 0 Å². The van der Waals surface area contributed by atoms with Gasteiger partial charge in [-0.25, -0.2) is 4.99 Å². The van der Waals surface area contributed by atoms with Crippen molar-refractivity contribution < 1.29 is 4.79 Å². The molecule has 27 heavy (non-hydrogen) atoms. The first-order valence-electron chi connectivity index (χ1n) is 9.65. The molecule has 0 unspecified atom stereocenters. The van der Waals surface area contributed by atoms with Gasteiger partial charge in [-0.2, -0.15) is 0 Å². The number of aryl methyl sites for hydroxylation is 2. The van der Waals surface area contributed by atoms with E-state index < -0.39 is 0 Å². The van der Waals surface area contributed by atoms with Gasteiger partial charge in [0.15, 0.2) is 5.17 Å². The van der Waals surface area contributed by atoms with E-state index in [0.29, 0.717) is 0 Å². The highest BCUT2D eigenvalue weighted by Gasteiger charge is 2.38. The molecule has 1 N–H and O–H groups in total. The predicted octanol–water partition coefficient (Wildman–Crippen LogP) is 5.57. The second-order valence-electron chi connectivity index (χ2n) is 7.34. The Morgan fingerprint density at radius 1 is 1.15 bits per heavy atom. The number of carbonyl (C=O) groups excluding carboxylic acids is 1. The third-order valence-electron chi connectivity index (χ3n) is 5.23. The van der Waals surface area contributed by atoms with Crippen LogP contribution in [-0.2, 0) is 4.79 Å². The molecule has 1 aromatic carbocycles.